The first-order chi connectivity index (χ1) is 9.20. The first-order valence-electron chi connectivity index (χ1n) is 6.23. The molecule has 0 unspecified atom stereocenters. The fraction of sp³-hybridized carbons (Fsp3) is 0.267. The molecule has 2 rings (SSSR count). The van der Waals surface area contributed by atoms with E-state index in [1.807, 2.05) is 12.1 Å². The fourth-order valence-corrected chi connectivity index (χ4v) is 2.38. The molecule has 2 aromatic rings. The van der Waals surface area contributed by atoms with Crippen molar-refractivity contribution in [2.45, 2.75) is 6.54 Å². The lowest BCUT2D eigenvalue weighted by molar-refractivity contribution is 0.397. The van der Waals surface area contributed by atoms with Crippen LogP contribution in [0.1, 0.15) is 5.69 Å². The van der Waals surface area contributed by atoms with Gasteiger partial charge in [0.1, 0.15) is 0 Å². The fourth-order valence-electron chi connectivity index (χ4n) is 1.86. The molecule has 0 saturated carbocycles. The van der Waals surface area contributed by atoms with Gasteiger partial charge in [0.2, 0.25) is 0 Å². The molecule has 0 amide bonds. The molecule has 3 nitrogen and oxygen atoms in total. The van der Waals surface area contributed by atoms with E-state index in [1.54, 1.807) is 11.9 Å². The number of nitrogens with zero attached hydrogens (tertiary/aromatic N) is 2. The van der Waals surface area contributed by atoms with Crippen LogP contribution < -0.4 is 4.72 Å². The second-order valence-corrected chi connectivity index (χ2v) is 5.45. The molecule has 0 aliphatic rings. The smallest absolute Gasteiger partial charge is 0.0945 e. The van der Waals surface area contributed by atoms with Crippen molar-refractivity contribution in [2.24, 2.45) is 0 Å². The van der Waals surface area contributed by atoms with Crippen molar-refractivity contribution in [1.82, 2.24) is 9.88 Å². The Kier molecular flexibility index (Phi) is 4.82. The molecule has 19 heavy (non-hydrogen) atoms. The van der Waals surface area contributed by atoms with Crippen LogP contribution in [0, 0.1) is 0 Å². The zero-order chi connectivity index (χ0) is 13.7. The summed E-state index contributed by atoms with van der Waals surface area (Å²) in [5.41, 5.74) is 3.17. The molecule has 0 atom stereocenters. The van der Waals surface area contributed by atoms with E-state index in [9.17, 15) is 0 Å². The van der Waals surface area contributed by atoms with Gasteiger partial charge in [-0.1, -0.05) is 24.3 Å². The Morgan fingerprint density at radius 2 is 2.16 bits per heavy atom. The van der Waals surface area contributed by atoms with Crippen LogP contribution in [0.25, 0.3) is 10.9 Å². The minimum atomic E-state index is 0.851. The molecule has 0 aliphatic carbocycles. The van der Waals surface area contributed by atoms with E-state index in [0.29, 0.717) is 0 Å². The van der Waals surface area contributed by atoms with Crippen LogP contribution >= 0.6 is 11.9 Å². The number of para-hydroxylation sites is 1. The van der Waals surface area contributed by atoms with E-state index in [1.165, 1.54) is 0 Å². The minimum absolute atomic E-state index is 0.851. The van der Waals surface area contributed by atoms with Gasteiger partial charge in [-0.3, -0.25) is 0 Å². The third-order valence-corrected chi connectivity index (χ3v) is 3.41. The van der Waals surface area contributed by atoms with Crippen molar-refractivity contribution in [3.05, 3.63) is 48.7 Å². The molecular weight excluding hydrogens is 254 g/mol. The van der Waals surface area contributed by atoms with Gasteiger partial charge in [-0.2, -0.15) is 0 Å². The molecule has 1 N–H and O–H groups in total. The number of nitrogens with one attached hydrogen (secondary N) is 1. The highest BCUT2D eigenvalue weighted by Crippen LogP contribution is 2.24. The Balaban J connectivity index is 2.31. The Labute approximate surface area is 118 Å². The average Bonchev–Trinajstić information content (AvgIpc) is 2.39. The van der Waals surface area contributed by atoms with Crippen LogP contribution in [0.15, 0.2) is 43.0 Å². The Morgan fingerprint density at radius 1 is 1.32 bits per heavy atom. The summed E-state index contributed by atoms with van der Waals surface area (Å²) >= 11 is 1.62. The number of hydrogen-bond acceptors (Lipinski definition) is 4. The van der Waals surface area contributed by atoms with E-state index in [4.69, 9.17) is 4.98 Å². The van der Waals surface area contributed by atoms with Gasteiger partial charge in [0.05, 0.1) is 16.9 Å². The summed E-state index contributed by atoms with van der Waals surface area (Å²) in [4.78, 5) is 6.87. The van der Waals surface area contributed by atoms with Crippen molar-refractivity contribution in [1.29, 1.82) is 0 Å². The van der Waals surface area contributed by atoms with Crippen LogP contribution in [0.5, 0.6) is 0 Å². The molecule has 100 valence electrons. The highest BCUT2D eigenvalue weighted by Gasteiger charge is 2.04. The summed E-state index contributed by atoms with van der Waals surface area (Å²) in [7, 11) is 4.10. The molecule has 0 aliphatic heterocycles. The number of rotatable bonds is 6. The lowest BCUT2D eigenvalue weighted by atomic mass is 10.2. The van der Waals surface area contributed by atoms with Crippen molar-refractivity contribution in [2.75, 3.05) is 24.6 Å². The normalized spacial score (nSPS) is 10.9. The van der Waals surface area contributed by atoms with Gasteiger partial charge in [0, 0.05) is 17.7 Å². The maximum absolute atomic E-state index is 4.75. The van der Waals surface area contributed by atoms with Crippen LogP contribution in [-0.4, -0.2) is 29.7 Å². The van der Waals surface area contributed by atoms with E-state index in [2.05, 4.69) is 54.6 Å². The Morgan fingerprint density at radius 3 is 2.89 bits per heavy atom. The van der Waals surface area contributed by atoms with Crippen LogP contribution in [0.3, 0.4) is 0 Å². The molecule has 1 aromatic carbocycles. The number of pyridine rings is 1. The first-order valence-corrected chi connectivity index (χ1v) is 7.21. The summed E-state index contributed by atoms with van der Waals surface area (Å²) in [5.74, 6) is 0.869. The van der Waals surface area contributed by atoms with Crippen molar-refractivity contribution >= 4 is 28.5 Å². The molecule has 1 aromatic heterocycles. The number of benzene rings is 1. The molecule has 0 bridgehead atoms. The minimum Gasteiger partial charge on any atom is -0.328 e. The predicted molar refractivity (Wildman–Crippen MR) is 85.4 cm³/mol. The predicted octanol–water partition coefficient (Wildman–Crippen LogP) is 3.54. The maximum atomic E-state index is 4.75. The van der Waals surface area contributed by atoms with Crippen LogP contribution in [0.2, 0.25) is 0 Å². The average molecular weight is 273 g/mol. The lowest BCUT2D eigenvalue weighted by Gasteiger charge is -2.11. The summed E-state index contributed by atoms with van der Waals surface area (Å²) in [6.45, 7) is 4.57. The van der Waals surface area contributed by atoms with Gasteiger partial charge >= 0.3 is 0 Å². The van der Waals surface area contributed by atoms with Gasteiger partial charge in [0.15, 0.2) is 0 Å². The maximum Gasteiger partial charge on any atom is 0.0945 e. The first kappa shape index (κ1) is 13.9. The third kappa shape index (κ3) is 3.72. The summed E-state index contributed by atoms with van der Waals surface area (Å²) < 4.78 is 3.34. The number of aromatic nitrogens is 1. The van der Waals surface area contributed by atoms with Gasteiger partial charge in [-0.25, -0.2) is 4.98 Å². The Hall–Kier alpha value is -1.52. The lowest BCUT2D eigenvalue weighted by Crippen LogP contribution is -2.11. The molecule has 1 heterocycles. The topological polar surface area (TPSA) is 28.2 Å². The number of fused-ring (bicyclic) bond motifs is 1. The second-order valence-electron chi connectivity index (χ2n) is 4.62. The van der Waals surface area contributed by atoms with E-state index in [0.717, 1.165) is 34.6 Å². The van der Waals surface area contributed by atoms with E-state index >= 15 is 0 Å². The zero-order valence-electron chi connectivity index (χ0n) is 11.4. The molecule has 0 radical (unpaired) electrons. The van der Waals surface area contributed by atoms with Gasteiger partial charge in [-0.15, -0.1) is 6.58 Å². The largest absolute Gasteiger partial charge is 0.328 e. The molecule has 4 heteroatoms. The number of hydrogen-bond donors (Lipinski definition) is 1. The van der Waals surface area contributed by atoms with Crippen LogP contribution in [-0.2, 0) is 6.54 Å². The SMILES string of the molecule is C=CCSNc1cccc2ccc(CN(C)C)nc12. The highest BCUT2D eigenvalue weighted by atomic mass is 32.2. The van der Waals surface area contributed by atoms with Gasteiger partial charge in [0.25, 0.3) is 0 Å². The zero-order valence-corrected chi connectivity index (χ0v) is 12.2. The summed E-state index contributed by atoms with van der Waals surface area (Å²) in [6, 6.07) is 10.4. The van der Waals surface area contributed by atoms with Gasteiger partial charge in [-0.05, 0) is 38.2 Å². The number of anilines is 1. The summed E-state index contributed by atoms with van der Waals surface area (Å²) in [6.07, 6.45) is 1.88. The highest BCUT2D eigenvalue weighted by molar-refractivity contribution is 8.00. The quantitative estimate of drug-likeness (QED) is 0.495. The van der Waals surface area contributed by atoms with Crippen LogP contribution in [0.4, 0.5) is 5.69 Å². The Bertz CT molecular complexity index is 566. The van der Waals surface area contributed by atoms with Crippen molar-refractivity contribution < 1.29 is 0 Å². The molecule has 0 fully saturated rings. The standard InChI is InChI=1S/C15H19N3S/c1-4-10-19-17-14-7-5-6-12-8-9-13(11-18(2)3)16-15(12)14/h4-9,17H,1,10-11H2,2-3H3. The summed E-state index contributed by atoms with van der Waals surface area (Å²) in [5, 5.41) is 1.16. The van der Waals surface area contributed by atoms with Gasteiger partial charge < -0.3 is 9.62 Å². The second kappa shape index (κ2) is 6.59. The molecule has 0 saturated heterocycles. The third-order valence-electron chi connectivity index (χ3n) is 2.64. The molecular formula is C15H19N3S. The van der Waals surface area contributed by atoms with Crippen molar-refractivity contribution in [3.8, 4) is 0 Å². The van der Waals surface area contributed by atoms with E-state index < -0.39 is 0 Å². The molecule has 0 spiro atoms. The van der Waals surface area contributed by atoms with E-state index in [-0.39, 0.29) is 0 Å². The monoisotopic (exact) mass is 273 g/mol. The van der Waals surface area contributed by atoms with Crippen molar-refractivity contribution in [3.63, 3.8) is 0 Å².